The van der Waals surface area contributed by atoms with Crippen molar-refractivity contribution in [2.24, 2.45) is 28.6 Å². The van der Waals surface area contributed by atoms with Crippen molar-refractivity contribution < 1.29 is 37.2 Å². The largest absolute Gasteiger partial charge is 0.488 e. The molecule has 4 aromatic rings. The Kier molecular flexibility index (Phi) is 9.61. The van der Waals surface area contributed by atoms with Gasteiger partial charge in [0.2, 0.25) is 0 Å². The topological polar surface area (TPSA) is 111 Å². The molecule has 1 heterocycles. The highest BCUT2D eigenvalue weighted by molar-refractivity contribution is 6.24. The van der Waals surface area contributed by atoms with Crippen LogP contribution in [0.25, 0.3) is 0 Å². The van der Waals surface area contributed by atoms with Gasteiger partial charge in [-0.1, -0.05) is 81.4 Å². The van der Waals surface area contributed by atoms with Gasteiger partial charge in [-0.15, -0.1) is 0 Å². The normalized spacial score (nSPS) is 23.7. The van der Waals surface area contributed by atoms with Gasteiger partial charge in [-0.2, -0.15) is 0 Å². The van der Waals surface area contributed by atoms with E-state index in [-0.39, 0.29) is 77.7 Å². The SMILES string of the molecule is CN(C)C1c2onc(OCc3ccccc3)c2C(=O)C2(C)C(=O)C3C(=O)c4c(c(F)c(F)c(CNCC(C)(C)C)c4OCc4ccccc4)CC3CC12. The van der Waals surface area contributed by atoms with Crippen molar-refractivity contribution in [3.63, 3.8) is 0 Å². The maximum absolute atomic E-state index is 16.3. The molecule has 11 heteroatoms. The molecular formula is C42H45F2N3O6. The molecule has 0 aliphatic heterocycles. The number of carbonyl (C=O) groups excluding carboxylic acids is 3. The summed E-state index contributed by atoms with van der Waals surface area (Å²) in [5.74, 6) is -6.36. The van der Waals surface area contributed by atoms with Gasteiger partial charge in [-0.25, -0.2) is 8.78 Å². The zero-order chi connectivity index (χ0) is 37.8. The lowest BCUT2D eigenvalue weighted by atomic mass is 9.50. The van der Waals surface area contributed by atoms with E-state index in [9.17, 15) is 14.4 Å². The van der Waals surface area contributed by atoms with Gasteiger partial charge in [0.15, 0.2) is 34.7 Å². The Morgan fingerprint density at radius 1 is 0.925 bits per heavy atom. The molecule has 0 saturated heterocycles. The van der Waals surface area contributed by atoms with E-state index in [2.05, 4.69) is 10.5 Å². The molecule has 3 aliphatic carbocycles. The molecule has 1 N–H and O–H groups in total. The van der Waals surface area contributed by atoms with Crippen molar-refractivity contribution >= 4 is 17.3 Å². The third-order valence-electron chi connectivity index (χ3n) is 11.1. The Balaban J connectivity index is 1.29. The van der Waals surface area contributed by atoms with E-state index in [1.165, 1.54) is 0 Å². The second kappa shape index (κ2) is 13.9. The number of Topliss-reactive ketones (excluding diaryl/α,β-unsaturated/α-hetero) is 3. The van der Waals surface area contributed by atoms with Crippen LogP contribution in [0.3, 0.4) is 0 Å². The average molecular weight is 726 g/mol. The number of ketones is 3. The molecule has 3 aliphatic rings. The molecule has 5 atom stereocenters. The summed E-state index contributed by atoms with van der Waals surface area (Å²) in [6, 6.07) is 18.0. The molecule has 1 fully saturated rings. The van der Waals surface area contributed by atoms with E-state index in [1.807, 2.05) is 100 Å². The van der Waals surface area contributed by atoms with Gasteiger partial charge in [0.05, 0.1) is 22.9 Å². The average Bonchev–Trinajstić information content (AvgIpc) is 3.54. The smallest absolute Gasteiger partial charge is 0.265 e. The van der Waals surface area contributed by atoms with E-state index in [4.69, 9.17) is 14.0 Å². The summed E-state index contributed by atoms with van der Waals surface area (Å²) < 4.78 is 50.5. The fourth-order valence-electron chi connectivity index (χ4n) is 8.48. The summed E-state index contributed by atoms with van der Waals surface area (Å²) in [6.07, 6.45) is 0.135. The number of nitrogens with one attached hydrogen (secondary N) is 1. The number of ether oxygens (including phenoxy) is 2. The lowest BCUT2D eigenvalue weighted by Crippen LogP contribution is -2.60. The number of carbonyl (C=O) groups is 3. The lowest BCUT2D eigenvalue weighted by molar-refractivity contribution is -0.140. The molecule has 1 saturated carbocycles. The first-order chi connectivity index (χ1) is 25.2. The van der Waals surface area contributed by atoms with E-state index >= 15 is 8.78 Å². The van der Waals surface area contributed by atoms with E-state index in [0.717, 1.165) is 11.1 Å². The number of aromatic nitrogens is 1. The summed E-state index contributed by atoms with van der Waals surface area (Å²) in [7, 11) is 3.63. The van der Waals surface area contributed by atoms with Crippen molar-refractivity contribution in [2.45, 2.75) is 66.3 Å². The van der Waals surface area contributed by atoms with Crippen molar-refractivity contribution in [1.29, 1.82) is 0 Å². The van der Waals surface area contributed by atoms with Crippen molar-refractivity contribution in [3.05, 3.63) is 111 Å². The minimum Gasteiger partial charge on any atom is -0.488 e. The summed E-state index contributed by atoms with van der Waals surface area (Å²) >= 11 is 0. The first-order valence-electron chi connectivity index (χ1n) is 18.1. The van der Waals surface area contributed by atoms with E-state index in [0.29, 0.717) is 6.54 Å². The number of benzene rings is 3. The Labute approximate surface area is 308 Å². The maximum Gasteiger partial charge on any atom is 0.265 e. The van der Waals surface area contributed by atoms with Crippen LogP contribution in [0.1, 0.15) is 88.9 Å². The minimum atomic E-state index is -1.66. The number of fused-ring (bicyclic) bond motifs is 4. The van der Waals surface area contributed by atoms with Gasteiger partial charge in [-0.05, 0) is 61.5 Å². The van der Waals surface area contributed by atoms with Gasteiger partial charge in [0, 0.05) is 30.1 Å². The molecule has 0 radical (unpaired) electrons. The lowest BCUT2D eigenvalue weighted by Gasteiger charge is -2.52. The molecule has 53 heavy (non-hydrogen) atoms. The van der Waals surface area contributed by atoms with Gasteiger partial charge in [-0.3, -0.25) is 19.3 Å². The van der Waals surface area contributed by atoms with Crippen molar-refractivity contribution in [1.82, 2.24) is 15.4 Å². The van der Waals surface area contributed by atoms with Gasteiger partial charge < -0.3 is 19.3 Å². The van der Waals surface area contributed by atoms with Gasteiger partial charge in [0.25, 0.3) is 5.88 Å². The van der Waals surface area contributed by atoms with Crippen LogP contribution in [0.5, 0.6) is 11.6 Å². The Bertz CT molecular complexity index is 2060. The minimum absolute atomic E-state index is 0.00917. The highest BCUT2D eigenvalue weighted by Crippen LogP contribution is 2.59. The van der Waals surface area contributed by atoms with Crippen molar-refractivity contribution in [2.75, 3.05) is 20.6 Å². The molecule has 0 bridgehead atoms. The predicted octanol–water partition coefficient (Wildman–Crippen LogP) is 7.31. The van der Waals surface area contributed by atoms with Crippen LogP contribution in [-0.2, 0) is 31.0 Å². The predicted molar refractivity (Wildman–Crippen MR) is 193 cm³/mol. The summed E-state index contributed by atoms with van der Waals surface area (Å²) in [5, 5.41) is 7.33. The third-order valence-corrected chi connectivity index (χ3v) is 11.1. The molecule has 9 nitrogen and oxygen atoms in total. The van der Waals surface area contributed by atoms with Crippen LogP contribution in [-0.4, -0.2) is 48.0 Å². The van der Waals surface area contributed by atoms with Crippen LogP contribution in [0.15, 0.2) is 65.2 Å². The highest BCUT2D eigenvalue weighted by Gasteiger charge is 2.65. The van der Waals surface area contributed by atoms with E-state index in [1.54, 1.807) is 6.92 Å². The van der Waals surface area contributed by atoms with E-state index < -0.39 is 58.2 Å². The first-order valence-corrected chi connectivity index (χ1v) is 18.1. The second-order valence-electron chi connectivity index (χ2n) is 16.2. The van der Waals surface area contributed by atoms with Crippen LogP contribution in [0.4, 0.5) is 8.78 Å². The number of hydrogen-bond donors (Lipinski definition) is 1. The highest BCUT2D eigenvalue weighted by atomic mass is 19.2. The summed E-state index contributed by atoms with van der Waals surface area (Å²) in [6.45, 7) is 8.12. The van der Waals surface area contributed by atoms with Crippen LogP contribution >= 0.6 is 0 Å². The fourth-order valence-corrected chi connectivity index (χ4v) is 8.48. The number of rotatable bonds is 10. The molecule has 7 rings (SSSR count). The molecule has 5 unspecified atom stereocenters. The molecule has 278 valence electrons. The van der Waals surface area contributed by atoms with Gasteiger partial charge >= 0.3 is 0 Å². The summed E-state index contributed by atoms with van der Waals surface area (Å²) in [4.78, 5) is 46.3. The molecule has 3 aromatic carbocycles. The summed E-state index contributed by atoms with van der Waals surface area (Å²) in [5.41, 5.74) is -0.466. The third kappa shape index (κ3) is 6.37. The zero-order valence-corrected chi connectivity index (χ0v) is 30.9. The monoisotopic (exact) mass is 725 g/mol. The first kappa shape index (κ1) is 36.6. The molecular weight excluding hydrogens is 680 g/mol. The Morgan fingerprint density at radius 2 is 1.55 bits per heavy atom. The van der Waals surface area contributed by atoms with Gasteiger partial charge in [0.1, 0.15) is 24.5 Å². The quantitative estimate of drug-likeness (QED) is 0.168. The second-order valence-corrected chi connectivity index (χ2v) is 16.2. The molecule has 0 amide bonds. The maximum atomic E-state index is 16.3. The number of hydrogen-bond acceptors (Lipinski definition) is 9. The Hall–Kier alpha value is -4.74. The van der Waals surface area contributed by atoms with Crippen LogP contribution in [0.2, 0.25) is 0 Å². The fraction of sp³-hybridized carbons (Fsp3) is 0.429. The molecule has 0 spiro atoms. The number of halogens is 2. The van der Waals surface area contributed by atoms with Crippen molar-refractivity contribution in [3.8, 4) is 11.6 Å². The zero-order valence-electron chi connectivity index (χ0n) is 30.9. The van der Waals surface area contributed by atoms with Crippen LogP contribution < -0.4 is 14.8 Å². The molecule has 1 aromatic heterocycles. The Morgan fingerprint density at radius 3 is 2.15 bits per heavy atom. The standard InChI is InChI=1S/C42H45F2N3O6/c1-41(2,3)22-45-19-27-33(44)32(43)26-17-25-18-28-34(47(5)6)37-31(40(46-53-37)52-21-24-15-11-8-12-16-24)39(50)42(28,4)38(49)29(25)35(48)30(26)36(27)51-20-23-13-9-7-10-14-23/h7-16,25,28-29,34,45H,17-22H2,1-6H3. The number of nitrogens with zero attached hydrogens (tertiary/aromatic N) is 2. The van der Waals surface area contributed by atoms with Crippen LogP contribution in [0, 0.1) is 40.2 Å².